The van der Waals surface area contributed by atoms with Crippen LogP contribution in [0.1, 0.15) is 20.3 Å². The third-order valence-electron chi connectivity index (χ3n) is 2.68. The van der Waals surface area contributed by atoms with Crippen molar-refractivity contribution in [3.8, 4) is 0 Å². The van der Waals surface area contributed by atoms with E-state index < -0.39 is 11.8 Å². The lowest BCUT2D eigenvalue weighted by molar-refractivity contribution is -0.107. The summed E-state index contributed by atoms with van der Waals surface area (Å²) in [5, 5.41) is 0. The second kappa shape index (κ2) is 4.13. The predicted octanol–water partition coefficient (Wildman–Crippen LogP) is 2.88. The number of nitrogens with zero attached hydrogens (tertiary/aromatic N) is 1. The fraction of sp³-hybridized carbons (Fsp3) is 1.00. The Morgan fingerprint density at radius 1 is 1.46 bits per heavy atom. The number of halogens is 2. The molecule has 4 heteroatoms. The van der Waals surface area contributed by atoms with Gasteiger partial charge in [-0.25, -0.2) is 13.1 Å². The molecule has 1 rings (SSSR count). The summed E-state index contributed by atoms with van der Waals surface area (Å²) in [4.78, 5) is 0. The highest BCUT2D eigenvalue weighted by Gasteiger charge is 2.45. The van der Waals surface area contributed by atoms with Crippen LogP contribution in [0.2, 0.25) is 0 Å². The summed E-state index contributed by atoms with van der Waals surface area (Å²) in [5.74, 6) is -2.86. The standard InChI is InChI=1S/C9H17F2NS/c1-7(2)8-4-5-12(13-3)6-9(8,10)11/h7-8H,4-6H2,1-3H3. The molecule has 78 valence electrons. The topological polar surface area (TPSA) is 3.24 Å². The molecule has 1 aliphatic rings. The average molecular weight is 209 g/mol. The van der Waals surface area contributed by atoms with Gasteiger partial charge in [0.15, 0.2) is 0 Å². The zero-order valence-corrected chi connectivity index (χ0v) is 9.20. The normalized spacial score (nSPS) is 29.5. The van der Waals surface area contributed by atoms with Crippen LogP contribution in [-0.2, 0) is 0 Å². The minimum absolute atomic E-state index is 0.0824. The Morgan fingerprint density at radius 3 is 2.46 bits per heavy atom. The zero-order valence-electron chi connectivity index (χ0n) is 8.39. The Balaban J connectivity index is 2.62. The highest BCUT2D eigenvalue weighted by atomic mass is 32.2. The third kappa shape index (κ3) is 2.56. The van der Waals surface area contributed by atoms with E-state index in [1.165, 1.54) is 11.9 Å². The van der Waals surface area contributed by atoms with Gasteiger partial charge < -0.3 is 0 Å². The number of hydrogen-bond acceptors (Lipinski definition) is 2. The van der Waals surface area contributed by atoms with Crippen LogP contribution in [0, 0.1) is 11.8 Å². The lowest BCUT2D eigenvalue weighted by atomic mass is 9.84. The first-order valence-corrected chi connectivity index (χ1v) is 5.82. The second-order valence-corrected chi connectivity index (χ2v) is 4.83. The maximum atomic E-state index is 13.5. The van der Waals surface area contributed by atoms with Crippen LogP contribution in [0.15, 0.2) is 0 Å². The van der Waals surface area contributed by atoms with Crippen molar-refractivity contribution in [2.45, 2.75) is 26.2 Å². The monoisotopic (exact) mass is 209 g/mol. The minimum atomic E-state index is -2.50. The number of rotatable bonds is 2. The molecule has 0 aliphatic carbocycles. The van der Waals surface area contributed by atoms with E-state index in [9.17, 15) is 8.78 Å². The molecule has 13 heavy (non-hydrogen) atoms. The van der Waals surface area contributed by atoms with Crippen LogP contribution >= 0.6 is 11.9 Å². The van der Waals surface area contributed by atoms with Crippen LogP contribution in [0.3, 0.4) is 0 Å². The number of alkyl halides is 2. The van der Waals surface area contributed by atoms with Gasteiger partial charge in [-0.15, -0.1) is 0 Å². The molecule has 0 radical (unpaired) electrons. The molecule has 1 atom stereocenters. The maximum Gasteiger partial charge on any atom is 0.264 e. The summed E-state index contributed by atoms with van der Waals surface area (Å²) in [7, 11) is 0. The largest absolute Gasteiger partial charge is 0.264 e. The quantitative estimate of drug-likeness (QED) is 0.643. The molecule has 1 aliphatic heterocycles. The smallest absolute Gasteiger partial charge is 0.245 e. The van der Waals surface area contributed by atoms with Crippen molar-refractivity contribution in [2.75, 3.05) is 19.3 Å². The van der Waals surface area contributed by atoms with Crippen LogP contribution in [0.25, 0.3) is 0 Å². The predicted molar refractivity (Wildman–Crippen MR) is 53.0 cm³/mol. The van der Waals surface area contributed by atoms with Gasteiger partial charge in [-0.05, 0) is 18.6 Å². The van der Waals surface area contributed by atoms with Gasteiger partial charge >= 0.3 is 0 Å². The van der Waals surface area contributed by atoms with Gasteiger partial charge in [-0.2, -0.15) is 0 Å². The fourth-order valence-electron chi connectivity index (χ4n) is 1.90. The van der Waals surface area contributed by atoms with Crippen LogP contribution in [0.4, 0.5) is 8.78 Å². The van der Waals surface area contributed by atoms with E-state index in [0.29, 0.717) is 6.42 Å². The summed E-state index contributed by atoms with van der Waals surface area (Å²) in [6, 6.07) is 0. The van der Waals surface area contributed by atoms with Crippen LogP contribution < -0.4 is 0 Å². The number of piperidine rings is 1. The summed E-state index contributed by atoms with van der Waals surface area (Å²) in [6.45, 7) is 4.47. The Bertz CT molecular complexity index is 173. The van der Waals surface area contributed by atoms with Crippen molar-refractivity contribution in [1.29, 1.82) is 0 Å². The van der Waals surface area contributed by atoms with E-state index >= 15 is 0 Å². The highest BCUT2D eigenvalue weighted by molar-refractivity contribution is 7.96. The van der Waals surface area contributed by atoms with Crippen molar-refractivity contribution < 1.29 is 8.78 Å². The third-order valence-corrected chi connectivity index (χ3v) is 3.51. The minimum Gasteiger partial charge on any atom is -0.245 e. The van der Waals surface area contributed by atoms with Gasteiger partial charge in [0.25, 0.3) is 5.92 Å². The Hall–Kier alpha value is 0.170. The lowest BCUT2D eigenvalue weighted by Gasteiger charge is -2.39. The van der Waals surface area contributed by atoms with Crippen LogP contribution in [0.5, 0.6) is 0 Å². The molecule has 0 amide bonds. The van der Waals surface area contributed by atoms with Gasteiger partial charge in [0.2, 0.25) is 0 Å². The first-order chi connectivity index (χ1) is 5.97. The van der Waals surface area contributed by atoms with Gasteiger partial charge in [0, 0.05) is 12.5 Å². The second-order valence-electron chi connectivity index (χ2n) is 3.95. The van der Waals surface area contributed by atoms with Crippen molar-refractivity contribution in [2.24, 2.45) is 11.8 Å². The zero-order chi connectivity index (χ0) is 10.1. The van der Waals surface area contributed by atoms with Crippen molar-refractivity contribution in [3.05, 3.63) is 0 Å². The molecule has 0 spiro atoms. The van der Waals surface area contributed by atoms with Gasteiger partial charge in [0.05, 0.1) is 6.54 Å². The summed E-state index contributed by atoms with van der Waals surface area (Å²) < 4.78 is 28.8. The highest BCUT2D eigenvalue weighted by Crippen LogP contribution is 2.38. The van der Waals surface area contributed by atoms with Gasteiger partial charge in [0.1, 0.15) is 0 Å². The van der Waals surface area contributed by atoms with Crippen molar-refractivity contribution >= 4 is 11.9 Å². The molecule has 0 bridgehead atoms. The summed E-state index contributed by atoms with van der Waals surface area (Å²) in [6.07, 6.45) is 2.47. The van der Waals surface area contributed by atoms with Crippen LogP contribution in [-0.4, -0.2) is 29.6 Å². The molecule has 1 unspecified atom stereocenters. The van der Waals surface area contributed by atoms with E-state index in [2.05, 4.69) is 0 Å². The SMILES string of the molecule is CSN1CCC(C(C)C)C(F)(F)C1. The van der Waals surface area contributed by atoms with E-state index in [0.717, 1.165) is 6.54 Å². The molecule has 0 N–H and O–H groups in total. The fourth-order valence-corrected chi connectivity index (χ4v) is 2.49. The Morgan fingerprint density at radius 2 is 2.08 bits per heavy atom. The van der Waals surface area contributed by atoms with Crippen molar-refractivity contribution in [1.82, 2.24) is 4.31 Å². The first-order valence-electron chi connectivity index (χ1n) is 4.64. The summed E-state index contributed by atoms with van der Waals surface area (Å²) >= 11 is 1.42. The van der Waals surface area contributed by atoms with E-state index in [1.807, 2.05) is 20.1 Å². The van der Waals surface area contributed by atoms with Gasteiger partial charge in [-0.3, -0.25) is 0 Å². The molecular weight excluding hydrogens is 192 g/mol. The molecule has 0 aromatic carbocycles. The summed E-state index contributed by atoms with van der Waals surface area (Å²) in [5.41, 5.74) is 0. The molecule has 1 nitrogen and oxygen atoms in total. The molecule has 1 saturated heterocycles. The molecule has 1 heterocycles. The Kier molecular flexibility index (Phi) is 3.57. The molecule has 0 aromatic rings. The Labute approximate surface area is 83.0 Å². The molecular formula is C9H17F2NS. The molecule has 0 aromatic heterocycles. The molecule has 1 fully saturated rings. The van der Waals surface area contributed by atoms with Crippen molar-refractivity contribution in [3.63, 3.8) is 0 Å². The molecule has 0 saturated carbocycles. The number of hydrogen-bond donors (Lipinski definition) is 0. The van der Waals surface area contributed by atoms with E-state index in [-0.39, 0.29) is 12.5 Å². The first kappa shape index (κ1) is 11.2. The lowest BCUT2D eigenvalue weighted by Crippen LogP contribution is -2.47. The maximum absolute atomic E-state index is 13.5. The van der Waals surface area contributed by atoms with Gasteiger partial charge in [-0.1, -0.05) is 25.8 Å². The van der Waals surface area contributed by atoms with E-state index in [4.69, 9.17) is 0 Å². The average Bonchev–Trinajstić information content (AvgIpc) is 2.01. The van der Waals surface area contributed by atoms with E-state index in [1.54, 1.807) is 4.31 Å².